The molecule has 2 N–H and O–H groups in total. The predicted molar refractivity (Wildman–Crippen MR) is 169 cm³/mol. The third-order valence-electron chi connectivity index (χ3n) is 9.05. The number of anilines is 1. The number of carbonyl (C=O) groups excluding carboxylic acids is 1. The Kier molecular flexibility index (Phi) is 9.86. The number of amides is 1. The third kappa shape index (κ3) is 5.55. The van der Waals surface area contributed by atoms with Gasteiger partial charge in [-0.3, -0.25) is 4.79 Å². The van der Waals surface area contributed by atoms with Crippen LogP contribution in [0.1, 0.15) is 81.9 Å². The Balaban J connectivity index is 1.80. The number of ether oxygens (including phenoxy) is 2. The molecule has 0 saturated carbocycles. The summed E-state index contributed by atoms with van der Waals surface area (Å²) in [5.41, 5.74) is -1.89. The lowest BCUT2D eigenvalue weighted by Crippen LogP contribution is -2.66. The number of aromatic nitrogens is 3. The average molecular weight is 648 g/mol. The highest BCUT2D eigenvalue weighted by Gasteiger charge is 2.65. The Bertz CT molecular complexity index is 1380. The van der Waals surface area contributed by atoms with Gasteiger partial charge >= 0.3 is 17.1 Å². The molecular weight excluding hydrogens is 599 g/mol. The molecule has 4 heterocycles. The standard InChI is InChI=1S/C30H49N5O7Si2/c1-12-38-29(10,11)28(37)34-27-22-13-14-24(35(22)33-17-32-27)30(16-31)26(36)25-23(40-30)15-39-43(18(2)3,19(4)5)42-44(41-25,20(6)7)21(8)9/h13-14,17-21,23,25-26,36H,12,15H2,1-11H3,(H,32,33,34,37)/t23-,25-,26-,30+/m1/s1. The number of rotatable bonds is 9. The van der Waals surface area contributed by atoms with Gasteiger partial charge < -0.3 is 32.9 Å². The van der Waals surface area contributed by atoms with E-state index in [9.17, 15) is 15.2 Å². The van der Waals surface area contributed by atoms with E-state index in [4.69, 9.17) is 22.4 Å². The van der Waals surface area contributed by atoms with Crippen molar-refractivity contribution in [1.29, 1.82) is 5.26 Å². The molecule has 244 valence electrons. The number of nitriles is 1. The van der Waals surface area contributed by atoms with Crippen LogP contribution in [0.2, 0.25) is 22.2 Å². The van der Waals surface area contributed by atoms with Gasteiger partial charge in [-0.25, -0.2) is 9.50 Å². The molecule has 2 aromatic heterocycles. The van der Waals surface area contributed by atoms with Crippen molar-refractivity contribution in [3.8, 4) is 6.07 Å². The molecule has 0 aromatic carbocycles. The number of nitrogens with zero attached hydrogens (tertiary/aromatic N) is 4. The van der Waals surface area contributed by atoms with E-state index >= 15 is 0 Å². The van der Waals surface area contributed by atoms with Crippen molar-refractivity contribution in [3.05, 3.63) is 24.2 Å². The van der Waals surface area contributed by atoms with Gasteiger partial charge in [0.25, 0.3) is 5.91 Å². The van der Waals surface area contributed by atoms with Gasteiger partial charge in [-0.2, -0.15) is 10.4 Å². The zero-order valence-electron chi connectivity index (χ0n) is 27.9. The molecule has 0 radical (unpaired) electrons. The van der Waals surface area contributed by atoms with Crippen molar-refractivity contribution in [2.75, 3.05) is 18.5 Å². The number of aliphatic hydroxyl groups excluding tert-OH is 1. The monoisotopic (exact) mass is 647 g/mol. The van der Waals surface area contributed by atoms with Crippen molar-refractivity contribution in [3.63, 3.8) is 0 Å². The predicted octanol–water partition coefficient (Wildman–Crippen LogP) is 4.92. The van der Waals surface area contributed by atoms with E-state index in [0.29, 0.717) is 17.8 Å². The van der Waals surface area contributed by atoms with Crippen molar-refractivity contribution < 1.29 is 32.3 Å². The molecule has 2 aliphatic rings. The van der Waals surface area contributed by atoms with E-state index < -0.39 is 46.6 Å². The normalized spacial score (nSPS) is 27.0. The molecule has 1 amide bonds. The van der Waals surface area contributed by atoms with Gasteiger partial charge in [0.15, 0.2) is 5.82 Å². The molecule has 0 spiro atoms. The Morgan fingerprint density at radius 1 is 1.16 bits per heavy atom. The number of fused-ring (bicyclic) bond motifs is 2. The maximum atomic E-state index is 13.0. The second kappa shape index (κ2) is 12.5. The highest BCUT2D eigenvalue weighted by Crippen LogP contribution is 2.50. The fourth-order valence-electron chi connectivity index (χ4n) is 6.57. The van der Waals surface area contributed by atoms with Crippen molar-refractivity contribution in [2.24, 2.45) is 0 Å². The summed E-state index contributed by atoms with van der Waals surface area (Å²) in [5.74, 6) is -0.148. The molecule has 4 atom stereocenters. The summed E-state index contributed by atoms with van der Waals surface area (Å²) >= 11 is 0. The van der Waals surface area contributed by atoms with Crippen molar-refractivity contribution >= 4 is 34.4 Å². The van der Waals surface area contributed by atoms with Gasteiger partial charge in [0.1, 0.15) is 41.8 Å². The molecule has 4 rings (SSSR count). The zero-order valence-corrected chi connectivity index (χ0v) is 29.9. The van der Waals surface area contributed by atoms with Crippen LogP contribution in [0.4, 0.5) is 5.82 Å². The highest BCUT2D eigenvalue weighted by atomic mass is 28.5. The first-order valence-electron chi connectivity index (χ1n) is 15.6. The summed E-state index contributed by atoms with van der Waals surface area (Å²) in [6.07, 6.45) is -1.72. The molecule has 2 aliphatic heterocycles. The number of carbonyl (C=O) groups is 1. The van der Waals surface area contributed by atoms with Crippen LogP contribution in [0.15, 0.2) is 18.5 Å². The van der Waals surface area contributed by atoms with Crippen LogP contribution >= 0.6 is 0 Å². The van der Waals surface area contributed by atoms with Gasteiger partial charge in [-0.1, -0.05) is 55.4 Å². The first-order chi connectivity index (χ1) is 20.5. The van der Waals surface area contributed by atoms with Gasteiger partial charge in [-0.05, 0) is 55.1 Å². The summed E-state index contributed by atoms with van der Waals surface area (Å²) in [7, 11) is -5.94. The lowest BCUT2D eigenvalue weighted by Gasteiger charge is -2.51. The Labute approximate surface area is 262 Å². The molecule has 0 unspecified atom stereocenters. The van der Waals surface area contributed by atoms with E-state index in [2.05, 4.69) is 76.9 Å². The first kappa shape index (κ1) is 34.6. The summed E-state index contributed by atoms with van der Waals surface area (Å²) in [4.78, 5) is 17.3. The largest absolute Gasteiger partial charge is 0.414 e. The van der Waals surface area contributed by atoms with Crippen molar-refractivity contribution in [1.82, 2.24) is 14.6 Å². The summed E-state index contributed by atoms with van der Waals surface area (Å²) in [6, 6.07) is 5.61. The number of hydrogen-bond donors (Lipinski definition) is 2. The molecule has 0 aliphatic carbocycles. The molecular formula is C30H49N5O7Si2. The van der Waals surface area contributed by atoms with E-state index in [1.165, 1.54) is 10.8 Å². The smallest absolute Gasteiger partial charge is 0.335 e. The Morgan fingerprint density at radius 2 is 1.77 bits per heavy atom. The van der Waals surface area contributed by atoms with Crippen LogP contribution in [-0.2, 0) is 32.8 Å². The minimum atomic E-state index is -3.08. The van der Waals surface area contributed by atoms with E-state index in [-0.39, 0.29) is 40.5 Å². The van der Waals surface area contributed by atoms with E-state index in [1.807, 2.05) is 6.92 Å². The maximum absolute atomic E-state index is 13.0. The van der Waals surface area contributed by atoms with Crippen LogP contribution < -0.4 is 5.32 Å². The lowest BCUT2D eigenvalue weighted by molar-refractivity contribution is -0.136. The van der Waals surface area contributed by atoms with Crippen LogP contribution in [0, 0.1) is 11.3 Å². The molecule has 2 fully saturated rings. The van der Waals surface area contributed by atoms with Crippen molar-refractivity contribution in [2.45, 2.75) is 128 Å². The van der Waals surface area contributed by atoms with Crippen LogP contribution in [-0.4, -0.2) is 79.9 Å². The summed E-state index contributed by atoms with van der Waals surface area (Å²) < 4.78 is 34.7. The quantitative estimate of drug-likeness (QED) is 0.359. The summed E-state index contributed by atoms with van der Waals surface area (Å²) in [6.45, 7) is 22.6. The van der Waals surface area contributed by atoms with Crippen LogP contribution in [0.3, 0.4) is 0 Å². The maximum Gasteiger partial charge on any atom is 0.335 e. The first-order valence-corrected chi connectivity index (χ1v) is 19.5. The fraction of sp³-hybridized carbons (Fsp3) is 0.733. The molecule has 2 aromatic rings. The Morgan fingerprint density at radius 3 is 2.32 bits per heavy atom. The third-order valence-corrected chi connectivity index (χ3v) is 19.3. The molecule has 44 heavy (non-hydrogen) atoms. The van der Waals surface area contributed by atoms with Crippen LogP contribution in [0.5, 0.6) is 0 Å². The molecule has 2 saturated heterocycles. The van der Waals surface area contributed by atoms with Crippen LogP contribution in [0.25, 0.3) is 5.52 Å². The number of hydrogen-bond acceptors (Lipinski definition) is 10. The summed E-state index contributed by atoms with van der Waals surface area (Å²) in [5, 5.41) is 29.9. The van der Waals surface area contributed by atoms with Gasteiger partial charge in [0.2, 0.25) is 5.60 Å². The number of nitrogens with one attached hydrogen (secondary N) is 1. The minimum Gasteiger partial charge on any atom is -0.414 e. The number of aliphatic hydroxyl groups is 1. The minimum absolute atomic E-state index is 0.0347. The zero-order chi connectivity index (χ0) is 32.8. The molecule has 12 nitrogen and oxygen atoms in total. The average Bonchev–Trinajstić information content (AvgIpc) is 3.48. The van der Waals surface area contributed by atoms with Gasteiger partial charge in [0.05, 0.1) is 12.3 Å². The highest BCUT2D eigenvalue weighted by molar-refractivity contribution is 6.84. The SMILES string of the molecule is CCOC(C)(C)C(=O)Nc1ncnn2c([C@]3(C#N)O[C@@H]4CO[Si](C(C)C)(C(C)C)O[Si](C(C)C)(C(C)C)O[C@H]4[C@H]3O)ccc12. The Hall–Kier alpha value is -2.23. The second-order valence-electron chi connectivity index (χ2n) is 13.5. The lowest BCUT2D eigenvalue weighted by atomic mass is 9.92. The molecule has 0 bridgehead atoms. The fourth-order valence-corrected chi connectivity index (χ4v) is 17.8. The topological polar surface area (TPSA) is 149 Å². The second-order valence-corrected chi connectivity index (χ2v) is 22.4. The van der Waals surface area contributed by atoms with E-state index in [0.717, 1.165) is 0 Å². The van der Waals surface area contributed by atoms with E-state index in [1.54, 1.807) is 26.0 Å². The van der Waals surface area contributed by atoms with Gasteiger partial charge in [-0.15, -0.1) is 0 Å². The van der Waals surface area contributed by atoms with Gasteiger partial charge in [0, 0.05) is 6.61 Å². The molecule has 14 heteroatoms.